The van der Waals surface area contributed by atoms with Gasteiger partial charge in [0.1, 0.15) is 0 Å². The second-order valence-corrected chi connectivity index (χ2v) is 3.48. The van der Waals surface area contributed by atoms with Crippen molar-refractivity contribution in [3.63, 3.8) is 0 Å². The summed E-state index contributed by atoms with van der Waals surface area (Å²) < 4.78 is 0. The summed E-state index contributed by atoms with van der Waals surface area (Å²) in [5.74, 6) is 0. The Labute approximate surface area is 75.6 Å². The molecule has 2 nitrogen and oxygen atoms in total. The van der Waals surface area contributed by atoms with Gasteiger partial charge in [-0.15, -0.1) is 0 Å². The van der Waals surface area contributed by atoms with Crippen molar-refractivity contribution < 1.29 is 10.2 Å². The summed E-state index contributed by atoms with van der Waals surface area (Å²) in [5.41, 5.74) is 0. The zero-order chi connectivity index (χ0) is 9.40. The Kier molecular flexibility index (Phi) is 7.51. The minimum Gasteiger partial charge on any atom is -0.233 e. The maximum absolute atomic E-state index is 10.9. The summed E-state index contributed by atoms with van der Waals surface area (Å²) in [6.45, 7) is 3.62. The van der Waals surface area contributed by atoms with Gasteiger partial charge in [-0.05, 0) is 26.2 Å². The molecule has 2 heteroatoms. The molecule has 2 atom stereocenters. The largest absolute Gasteiger partial charge is 0.233 e. The quantitative estimate of drug-likeness (QED) is 0.530. The van der Waals surface area contributed by atoms with E-state index < -0.39 is 6.10 Å². The third kappa shape index (κ3) is 8.02. The molecule has 0 aromatic heterocycles. The first-order chi connectivity index (χ1) is 5.66. The van der Waals surface area contributed by atoms with E-state index in [1.54, 1.807) is 6.92 Å². The highest BCUT2D eigenvalue weighted by atomic mass is 16.3. The van der Waals surface area contributed by atoms with E-state index in [4.69, 9.17) is 0 Å². The molecule has 0 saturated heterocycles. The molecule has 0 rings (SSSR count). The molecule has 0 heterocycles. The number of hydrogen-bond acceptors (Lipinski definition) is 0. The average molecular weight is 172 g/mol. The van der Waals surface area contributed by atoms with Gasteiger partial charge in [-0.2, -0.15) is 0 Å². The van der Waals surface area contributed by atoms with E-state index in [1.165, 1.54) is 0 Å². The Balaban J connectivity index is 3.00. The van der Waals surface area contributed by atoms with Gasteiger partial charge in [-0.3, -0.25) is 0 Å². The van der Waals surface area contributed by atoms with Crippen LogP contribution in [-0.4, -0.2) is 12.2 Å². The summed E-state index contributed by atoms with van der Waals surface area (Å²) in [7, 11) is 0. The van der Waals surface area contributed by atoms with Crippen molar-refractivity contribution in [3.8, 4) is 0 Å². The monoisotopic (exact) mass is 172 g/mol. The van der Waals surface area contributed by atoms with Crippen molar-refractivity contribution in [1.82, 2.24) is 0 Å². The molecule has 0 spiro atoms. The number of unbranched alkanes of at least 4 members (excludes halogenated alkanes) is 2. The van der Waals surface area contributed by atoms with Crippen LogP contribution in [0.2, 0.25) is 0 Å². The predicted octanol–water partition coefficient (Wildman–Crippen LogP) is 2.97. The Bertz CT molecular complexity index is 91.8. The lowest BCUT2D eigenvalue weighted by atomic mass is 10.1. The highest BCUT2D eigenvalue weighted by molar-refractivity contribution is 4.54. The smallest absolute Gasteiger partial charge is 0.0927 e. The van der Waals surface area contributed by atoms with E-state index in [1.807, 2.05) is 6.92 Å². The molecule has 0 aliphatic carbocycles. The molecule has 0 saturated carbocycles. The van der Waals surface area contributed by atoms with E-state index in [9.17, 15) is 10.2 Å². The molecule has 2 unspecified atom stereocenters. The lowest BCUT2D eigenvalue weighted by molar-refractivity contribution is 0.0738. The summed E-state index contributed by atoms with van der Waals surface area (Å²) >= 11 is 0. The topological polar surface area (TPSA) is 39.8 Å². The van der Waals surface area contributed by atoms with E-state index in [-0.39, 0.29) is 6.10 Å². The van der Waals surface area contributed by atoms with E-state index in [2.05, 4.69) is 0 Å². The van der Waals surface area contributed by atoms with Crippen LogP contribution in [0.3, 0.4) is 0 Å². The molecule has 2 radical (unpaired) electrons. The van der Waals surface area contributed by atoms with Crippen LogP contribution >= 0.6 is 0 Å². The highest BCUT2D eigenvalue weighted by Gasteiger charge is 2.02. The fraction of sp³-hybridized carbons (Fsp3) is 1.00. The maximum Gasteiger partial charge on any atom is 0.0927 e. The van der Waals surface area contributed by atoms with Crippen molar-refractivity contribution in [1.29, 1.82) is 0 Å². The van der Waals surface area contributed by atoms with Gasteiger partial charge < -0.3 is 0 Å². The molecule has 0 fully saturated rings. The van der Waals surface area contributed by atoms with Crippen LogP contribution in [0.25, 0.3) is 0 Å². The van der Waals surface area contributed by atoms with Gasteiger partial charge in [-0.1, -0.05) is 26.2 Å². The Morgan fingerprint density at radius 3 is 2.08 bits per heavy atom. The van der Waals surface area contributed by atoms with E-state index in [0.29, 0.717) is 0 Å². The Hall–Kier alpha value is -0.0800. The molecule has 72 valence electrons. The van der Waals surface area contributed by atoms with Crippen LogP contribution in [-0.2, 0) is 10.2 Å². The number of hydrogen-bond donors (Lipinski definition) is 0. The first-order valence-corrected chi connectivity index (χ1v) is 4.98. The van der Waals surface area contributed by atoms with E-state index in [0.717, 1.165) is 38.5 Å². The van der Waals surface area contributed by atoms with Crippen molar-refractivity contribution >= 4 is 0 Å². The van der Waals surface area contributed by atoms with Crippen molar-refractivity contribution in [2.24, 2.45) is 0 Å². The molecule has 0 N–H and O–H groups in total. The average Bonchev–Trinajstić information content (AvgIpc) is 2.03. The van der Waals surface area contributed by atoms with Crippen LogP contribution in [0.15, 0.2) is 0 Å². The fourth-order valence-electron chi connectivity index (χ4n) is 1.18. The minimum atomic E-state index is -0.431. The molecule has 12 heavy (non-hydrogen) atoms. The molecular weight excluding hydrogens is 152 g/mol. The SMILES string of the molecule is CCC([O])CCCCCC(C)[O]. The number of rotatable bonds is 7. The summed E-state index contributed by atoms with van der Waals surface area (Å²) in [6.07, 6.45) is 4.49. The van der Waals surface area contributed by atoms with Crippen LogP contribution in [0.1, 0.15) is 52.4 Å². The first-order valence-electron chi connectivity index (χ1n) is 4.98. The van der Waals surface area contributed by atoms with Crippen molar-refractivity contribution in [3.05, 3.63) is 0 Å². The zero-order valence-corrected chi connectivity index (χ0v) is 8.21. The highest BCUT2D eigenvalue weighted by Crippen LogP contribution is 2.09. The molecule has 0 aliphatic rings. The molecular formula is C10H20O2. The molecule has 0 aromatic rings. The first kappa shape index (κ1) is 11.9. The molecule has 0 amide bonds. The second kappa shape index (κ2) is 7.56. The Morgan fingerprint density at radius 2 is 1.58 bits per heavy atom. The van der Waals surface area contributed by atoms with Gasteiger partial charge in [0.25, 0.3) is 0 Å². The fourth-order valence-corrected chi connectivity index (χ4v) is 1.18. The van der Waals surface area contributed by atoms with Crippen LogP contribution < -0.4 is 0 Å². The lowest BCUT2D eigenvalue weighted by Crippen LogP contribution is -2.02. The van der Waals surface area contributed by atoms with Crippen molar-refractivity contribution in [2.75, 3.05) is 0 Å². The van der Waals surface area contributed by atoms with E-state index >= 15 is 0 Å². The van der Waals surface area contributed by atoms with Gasteiger partial charge in [0, 0.05) is 0 Å². The lowest BCUT2D eigenvalue weighted by Gasteiger charge is -2.04. The third-order valence-electron chi connectivity index (χ3n) is 2.09. The van der Waals surface area contributed by atoms with Gasteiger partial charge >= 0.3 is 0 Å². The molecule has 0 bridgehead atoms. The molecule has 0 aliphatic heterocycles. The standard InChI is InChI=1S/C10H20O2/c1-3-10(12)8-6-4-5-7-9(2)11/h9-10H,3-8H2,1-2H3. The summed E-state index contributed by atoms with van der Waals surface area (Å²) in [5, 5.41) is 21.5. The van der Waals surface area contributed by atoms with Gasteiger partial charge in [0.15, 0.2) is 0 Å². The summed E-state index contributed by atoms with van der Waals surface area (Å²) in [6, 6.07) is 0. The van der Waals surface area contributed by atoms with Crippen molar-refractivity contribution in [2.45, 2.75) is 64.6 Å². The molecule has 0 aromatic carbocycles. The van der Waals surface area contributed by atoms with Gasteiger partial charge in [0.05, 0.1) is 12.2 Å². The van der Waals surface area contributed by atoms with Gasteiger partial charge in [-0.25, -0.2) is 10.2 Å². The zero-order valence-electron chi connectivity index (χ0n) is 8.21. The van der Waals surface area contributed by atoms with Crippen LogP contribution in [0.4, 0.5) is 0 Å². The van der Waals surface area contributed by atoms with Crippen LogP contribution in [0.5, 0.6) is 0 Å². The summed E-state index contributed by atoms with van der Waals surface area (Å²) in [4.78, 5) is 0. The second-order valence-electron chi connectivity index (χ2n) is 3.48. The maximum atomic E-state index is 10.9. The normalized spacial score (nSPS) is 16.0. The van der Waals surface area contributed by atoms with Gasteiger partial charge in [0.2, 0.25) is 0 Å². The minimum absolute atomic E-state index is 0.380. The Morgan fingerprint density at radius 1 is 1.00 bits per heavy atom. The predicted molar refractivity (Wildman–Crippen MR) is 48.0 cm³/mol. The third-order valence-corrected chi connectivity index (χ3v) is 2.09. The van der Waals surface area contributed by atoms with Crippen LogP contribution in [0, 0.1) is 0 Å².